The van der Waals surface area contributed by atoms with Crippen molar-refractivity contribution in [1.29, 1.82) is 0 Å². The molecule has 2 aliphatic rings. The van der Waals surface area contributed by atoms with Crippen LogP contribution in [0.5, 0.6) is 0 Å². The standard InChI is InChI=1S/C18H28N4O3S/c1-15-3-2-4-17(13-15)20-9-11-22(12-10-20)26(24,25)14-18(23)21-7-5-16(19)6-8-21/h2-4,13,16H,5-12,14,19H2,1H3. The lowest BCUT2D eigenvalue weighted by Gasteiger charge is -2.36. The summed E-state index contributed by atoms with van der Waals surface area (Å²) in [4.78, 5) is 16.2. The Kier molecular flexibility index (Phi) is 5.84. The minimum Gasteiger partial charge on any atom is -0.369 e. The summed E-state index contributed by atoms with van der Waals surface area (Å²) < 4.78 is 26.7. The maximum absolute atomic E-state index is 12.6. The van der Waals surface area contributed by atoms with Gasteiger partial charge in [-0.1, -0.05) is 12.1 Å². The Hall–Kier alpha value is -1.64. The number of nitrogens with zero attached hydrogens (tertiary/aromatic N) is 3. The highest BCUT2D eigenvalue weighted by atomic mass is 32.2. The number of carbonyl (C=O) groups excluding carboxylic acids is 1. The first-order valence-corrected chi connectivity index (χ1v) is 10.8. The van der Waals surface area contributed by atoms with Gasteiger partial charge in [0.2, 0.25) is 15.9 Å². The molecule has 2 fully saturated rings. The zero-order chi connectivity index (χ0) is 18.7. The van der Waals surface area contributed by atoms with Gasteiger partial charge in [0.25, 0.3) is 0 Å². The molecule has 26 heavy (non-hydrogen) atoms. The molecule has 8 heteroatoms. The Morgan fingerprint density at radius 3 is 2.38 bits per heavy atom. The highest BCUT2D eigenvalue weighted by Crippen LogP contribution is 2.19. The van der Waals surface area contributed by atoms with Crippen LogP contribution in [-0.2, 0) is 14.8 Å². The van der Waals surface area contributed by atoms with E-state index in [-0.39, 0.29) is 11.9 Å². The summed E-state index contributed by atoms with van der Waals surface area (Å²) in [6.45, 7) is 5.24. The molecular formula is C18H28N4O3S. The molecule has 2 N–H and O–H groups in total. The topological polar surface area (TPSA) is 87.0 Å². The molecule has 0 aromatic heterocycles. The SMILES string of the molecule is Cc1cccc(N2CCN(S(=O)(=O)CC(=O)N3CCC(N)CC3)CC2)c1. The number of carbonyl (C=O) groups is 1. The predicted octanol–water partition coefficient (Wildman–Crippen LogP) is 0.397. The van der Waals surface area contributed by atoms with Gasteiger partial charge in [0, 0.05) is 51.0 Å². The van der Waals surface area contributed by atoms with Gasteiger partial charge in [0.15, 0.2) is 0 Å². The summed E-state index contributed by atoms with van der Waals surface area (Å²) in [7, 11) is -3.57. The minimum absolute atomic E-state index is 0.116. The van der Waals surface area contributed by atoms with E-state index in [1.54, 1.807) is 4.90 Å². The molecule has 7 nitrogen and oxygen atoms in total. The molecule has 1 aromatic carbocycles. The Bertz CT molecular complexity index is 737. The number of nitrogens with two attached hydrogens (primary N) is 1. The molecule has 0 radical (unpaired) electrons. The average Bonchev–Trinajstić information content (AvgIpc) is 2.62. The van der Waals surface area contributed by atoms with E-state index in [0.717, 1.165) is 18.5 Å². The van der Waals surface area contributed by atoms with Crippen LogP contribution in [-0.4, -0.2) is 74.6 Å². The molecule has 144 valence electrons. The van der Waals surface area contributed by atoms with Crippen molar-refractivity contribution in [2.45, 2.75) is 25.8 Å². The van der Waals surface area contributed by atoms with Crippen molar-refractivity contribution in [3.63, 3.8) is 0 Å². The molecule has 1 aromatic rings. The second kappa shape index (κ2) is 7.94. The van der Waals surface area contributed by atoms with Crippen LogP contribution in [0.25, 0.3) is 0 Å². The first-order chi connectivity index (χ1) is 12.3. The Labute approximate surface area is 155 Å². The van der Waals surface area contributed by atoms with Crippen molar-refractivity contribution >= 4 is 21.6 Å². The van der Waals surface area contributed by atoms with Gasteiger partial charge in [-0.25, -0.2) is 8.42 Å². The number of sulfonamides is 1. The van der Waals surface area contributed by atoms with E-state index >= 15 is 0 Å². The van der Waals surface area contributed by atoms with Crippen LogP contribution in [0.3, 0.4) is 0 Å². The number of rotatable bonds is 4. The molecule has 0 aliphatic carbocycles. The van der Waals surface area contributed by atoms with Crippen molar-refractivity contribution in [3.8, 4) is 0 Å². The average molecular weight is 381 g/mol. The molecule has 2 heterocycles. The quantitative estimate of drug-likeness (QED) is 0.817. The highest BCUT2D eigenvalue weighted by molar-refractivity contribution is 7.89. The third kappa shape index (κ3) is 4.55. The number of benzene rings is 1. The van der Waals surface area contributed by atoms with Crippen molar-refractivity contribution < 1.29 is 13.2 Å². The van der Waals surface area contributed by atoms with Gasteiger partial charge in [0.1, 0.15) is 5.75 Å². The smallest absolute Gasteiger partial charge is 0.239 e. The number of likely N-dealkylation sites (tertiary alicyclic amines) is 1. The summed E-state index contributed by atoms with van der Waals surface area (Å²) in [5, 5.41) is 0. The van der Waals surface area contributed by atoms with Gasteiger partial charge < -0.3 is 15.5 Å². The van der Waals surface area contributed by atoms with Gasteiger partial charge >= 0.3 is 0 Å². The van der Waals surface area contributed by atoms with Crippen molar-refractivity contribution in [3.05, 3.63) is 29.8 Å². The fraction of sp³-hybridized carbons (Fsp3) is 0.611. The van der Waals surface area contributed by atoms with Crippen LogP contribution >= 0.6 is 0 Å². The summed E-state index contributed by atoms with van der Waals surface area (Å²) >= 11 is 0. The third-order valence-corrected chi connectivity index (χ3v) is 6.96. The normalized spacial score (nSPS) is 20.4. The summed E-state index contributed by atoms with van der Waals surface area (Å²) in [6, 6.07) is 8.32. The second-order valence-electron chi connectivity index (χ2n) is 7.20. The monoisotopic (exact) mass is 380 g/mol. The number of piperazine rings is 1. The molecule has 0 spiro atoms. The van der Waals surface area contributed by atoms with E-state index in [4.69, 9.17) is 5.73 Å². The first kappa shape index (κ1) is 19.1. The number of aryl methyl sites for hydroxylation is 1. The van der Waals surface area contributed by atoms with Crippen LogP contribution < -0.4 is 10.6 Å². The van der Waals surface area contributed by atoms with Crippen molar-refractivity contribution in [1.82, 2.24) is 9.21 Å². The molecular weight excluding hydrogens is 352 g/mol. The van der Waals surface area contributed by atoms with Crippen LogP contribution in [0.2, 0.25) is 0 Å². The van der Waals surface area contributed by atoms with Crippen LogP contribution in [0.4, 0.5) is 5.69 Å². The number of amides is 1. The molecule has 0 unspecified atom stereocenters. The second-order valence-corrected chi connectivity index (χ2v) is 9.17. The molecule has 1 amide bonds. The molecule has 2 saturated heterocycles. The van der Waals surface area contributed by atoms with E-state index in [1.165, 1.54) is 9.87 Å². The lowest BCUT2D eigenvalue weighted by Crippen LogP contribution is -2.52. The maximum atomic E-state index is 12.6. The Morgan fingerprint density at radius 2 is 1.77 bits per heavy atom. The molecule has 0 bridgehead atoms. The highest BCUT2D eigenvalue weighted by Gasteiger charge is 2.31. The fourth-order valence-electron chi connectivity index (χ4n) is 3.54. The lowest BCUT2D eigenvalue weighted by atomic mass is 10.1. The Balaban J connectivity index is 1.55. The third-order valence-electron chi connectivity index (χ3n) is 5.20. The number of anilines is 1. The zero-order valence-electron chi connectivity index (χ0n) is 15.3. The molecule has 2 aliphatic heterocycles. The van der Waals surface area contributed by atoms with Gasteiger partial charge in [-0.2, -0.15) is 4.31 Å². The number of hydrogen-bond donors (Lipinski definition) is 1. The zero-order valence-corrected chi connectivity index (χ0v) is 16.1. The van der Waals surface area contributed by atoms with E-state index < -0.39 is 15.8 Å². The maximum Gasteiger partial charge on any atom is 0.239 e. The molecule has 0 atom stereocenters. The van der Waals surface area contributed by atoms with E-state index in [2.05, 4.69) is 11.0 Å². The molecule has 0 saturated carbocycles. The number of piperidine rings is 1. The van der Waals surface area contributed by atoms with E-state index in [1.807, 2.05) is 25.1 Å². The van der Waals surface area contributed by atoms with E-state index in [0.29, 0.717) is 39.3 Å². The van der Waals surface area contributed by atoms with Gasteiger partial charge in [0.05, 0.1) is 0 Å². The predicted molar refractivity (Wildman–Crippen MR) is 103 cm³/mol. The van der Waals surface area contributed by atoms with Crippen LogP contribution in [0, 0.1) is 6.92 Å². The minimum atomic E-state index is -3.57. The first-order valence-electron chi connectivity index (χ1n) is 9.18. The summed E-state index contributed by atoms with van der Waals surface area (Å²) in [5.41, 5.74) is 8.14. The van der Waals surface area contributed by atoms with Crippen molar-refractivity contribution in [2.75, 3.05) is 49.9 Å². The van der Waals surface area contributed by atoms with E-state index in [9.17, 15) is 13.2 Å². The van der Waals surface area contributed by atoms with Crippen LogP contribution in [0.1, 0.15) is 18.4 Å². The summed E-state index contributed by atoms with van der Waals surface area (Å²) in [6.07, 6.45) is 1.47. The lowest BCUT2D eigenvalue weighted by molar-refractivity contribution is -0.129. The van der Waals surface area contributed by atoms with Gasteiger partial charge in [-0.05, 0) is 37.5 Å². The summed E-state index contributed by atoms with van der Waals surface area (Å²) in [5.74, 6) is -0.745. The van der Waals surface area contributed by atoms with Gasteiger partial charge in [-0.15, -0.1) is 0 Å². The molecule has 3 rings (SSSR count). The van der Waals surface area contributed by atoms with Crippen molar-refractivity contribution in [2.24, 2.45) is 5.73 Å². The largest absolute Gasteiger partial charge is 0.369 e. The number of hydrogen-bond acceptors (Lipinski definition) is 5. The van der Waals surface area contributed by atoms with Crippen LogP contribution in [0.15, 0.2) is 24.3 Å². The van der Waals surface area contributed by atoms with Gasteiger partial charge in [-0.3, -0.25) is 4.79 Å². The fourth-order valence-corrected chi connectivity index (χ4v) is 4.93. The Morgan fingerprint density at radius 1 is 1.12 bits per heavy atom.